The smallest absolute Gasteiger partial charge is 0.260 e. The molecule has 1 amide bonds. The van der Waals surface area contributed by atoms with Gasteiger partial charge in [0.25, 0.3) is 5.91 Å². The normalized spacial score (nSPS) is 15.5. The Bertz CT molecular complexity index is 957. The van der Waals surface area contributed by atoms with E-state index in [1.165, 1.54) is 24.2 Å². The number of carbonyl (C=O) groups excluding carboxylic acids is 1. The number of likely N-dealkylation sites (tertiary alicyclic amines) is 1. The molecule has 1 aromatic carbocycles. The zero-order valence-corrected chi connectivity index (χ0v) is 17.8. The summed E-state index contributed by atoms with van der Waals surface area (Å²) in [7, 11) is 0. The van der Waals surface area contributed by atoms with Gasteiger partial charge >= 0.3 is 0 Å². The van der Waals surface area contributed by atoms with E-state index in [4.69, 9.17) is 0 Å². The topological polar surface area (TPSA) is 63.1 Å². The molecule has 1 aliphatic heterocycles. The zero-order chi connectivity index (χ0) is 20.2. The number of anilines is 1. The maximum atomic E-state index is 12.9. The predicted molar refractivity (Wildman–Crippen MR) is 117 cm³/mol. The molecule has 1 aliphatic rings. The average molecular weight is 410 g/mol. The van der Waals surface area contributed by atoms with Crippen molar-refractivity contribution in [2.45, 2.75) is 39.7 Å². The van der Waals surface area contributed by atoms with Crippen LogP contribution in [-0.2, 0) is 13.0 Å². The third kappa shape index (κ3) is 4.57. The second-order valence-electron chi connectivity index (χ2n) is 7.66. The highest BCUT2D eigenvalue weighted by Gasteiger charge is 2.20. The molecule has 7 heteroatoms. The van der Waals surface area contributed by atoms with Crippen LogP contribution in [0.1, 0.15) is 48.4 Å². The van der Waals surface area contributed by atoms with Crippen molar-refractivity contribution in [2.24, 2.45) is 5.92 Å². The fraction of sp³-hybridized carbons (Fsp3) is 0.409. The van der Waals surface area contributed by atoms with Crippen molar-refractivity contribution >= 4 is 22.4 Å². The van der Waals surface area contributed by atoms with Crippen molar-refractivity contribution in [3.63, 3.8) is 0 Å². The lowest BCUT2D eigenvalue weighted by Gasteiger charge is -2.29. The molecule has 0 radical (unpaired) electrons. The molecule has 1 saturated heterocycles. The van der Waals surface area contributed by atoms with Crippen LogP contribution in [0.5, 0.6) is 0 Å². The van der Waals surface area contributed by atoms with E-state index in [0.717, 1.165) is 42.6 Å². The van der Waals surface area contributed by atoms with E-state index in [0.29, 0.717) is 17.1 Å². The molecule has 4 rings (SSSR count). The number of para-hydroxylation sites is 1. The molecule has 1 fully saturated rings. The molecular formula is C22H27N5OS. The molecule has 0 saturated carbocycles. The van der Waals surface area contributed by atoms with Crippen molar-refractivity contribution in [3.8, 4) is 5.69 Å². The third-order valence-electron chi connectivity index (χ3n) is 5.48. The number of amides is 1. The fourth-order valence-corrected chi connectivity index (χ4v) is 4.44. The summed E-state index contributed by atoms with van der Waals surface area (Å²) >= 11 is 1.48. The number of nitrogens with one attached hydrogen (secondary N) is 1. The summed E-state index contributed by atoms with van der Waals surface area (Å²) in [4.78, 5) is 19.9. The number of rotatable bonds is 6. The molecule has 0 bridgehead atoms. The quantitative estimate of drug-likeness (QED) is 0.656. The third-order valence-corrected chi connectivity index (χ3v) is 6.29. The SMILES string of the molecule is CCc1c(C(=O)Nc2nc(CN3CCC(C)CC3)cs2)cnn1-c1ccccc1. The lowest BCUT2D eigenvalue weighted by molar-refractivity contribution is 0.102. The van der Waals surface area contributed by atoms with E-state index in [1.54, 1.807) is 6.20 Å². The van der Waals surface area contributed by atoms with Crippen molar-refractivity contribution in [3.05, 3.63) is 58.9 Å². The number of benzene rings is 1. The number of aromatic nitrogens is 3. The summed E-state index contributed by atoms with van der Waals surface area (Å²) in [5.41, 5.74) is 3.47. The predicted octanol–water partition coefficient (Wildman–Crippen LogP) is 4.38. The maximum Gasteiger partial charge on any atom is 0.260 e. The summed E-state index contributed by atoms with van der Waals surface area (Å²) in [6, 6.07) is 9.88. The molecule has 1 N–H and O–H groups in total. The van der Waals surface area contributed by atoms with Crippen LogP contribution in [0.25, 0.3) is 5.69 Å². The highest BCUT2D eigenvalue weighted by molar-refractivity contribution is 7.14. The van der Waals surface area contributed by atoms with Gasteiger partial charge in [0.05, 0.1) is 28.8 Å². The highest BCUT2D eigenvalue weighted by atomic mass is 32.1. The minimum absolute atomic E-state index is 0.156. The van der Waals surface area contributed by atoms with E-state index in [-0.39, 0.29) is 5.91 Å². The first-order valence-corrected chi connectivity index (χ1v) is 11.1. The number of hydrogen-bond acceptors (Lipinski definition) is 5. The monoisotopic (exact) mass is 409 g/mol. The second kappa shape index (κ2) is 8.88. The lowest BCUT2D eigenvalue weighted by Crippen LogP contribution is -2.32. The minimum atomic E-state index is -0.156. The Kier molecular flexibility index (Phi) is 6.06. The molecule has 3 heterocycles. The van der Waals surface area contributed by atoms with E-state index in [1.807, 2.05) is 47.3 Å². The lowest BCUT2D eigenvalue weighted by atomic mass is 9.99. The minimum Gasteiger partial charge on any atom is -0.298 e. The molecular weight excluding hydrogens is 382 g/mol. The first-order valence-electron chi connectivity index (χ1n) is 10.2. The number of thiazole rings is 1. The van der Waals surface area contributed by atoms with Gasteiger partial charge in [-0.25, -0.2) is 9.67 Å². The van der Waals surface area contributed by atoms with Gasteiger partial charge in [-0.05, 0) is 50.4 Å². The van der Waals surface area contributed by atoms with Gasteiger partial charge in [0.1, 0.15) is 0 Å². The van der Waals surface area contributed by atoms with Gasteiger partial charge in [0.15, 0.2) is 5.13 Å². The Hall–Kier alpha value is -2.51. The van der Waals surface area contributed by atoms with Crippen LogP contribution in [0.3, 0.4) is 0 Å². The van der Waals surface area contributed by atoms with Crippen molar-refractivity contribution < 1.29 is 4.79 Å². The summed E-state index contributed by atoms with van der Waals surface area (Å²) in [6.07, 6.45) is 4.86. The second-order valence-corrected chi connectivity index (χ2v) is 8.52. The van der Waals surface area contributed by atoms with Crippen LogP contribution in [0.15, 0.2) is 41.9 Å². The first-order chi connectivity index (χ1) is 14.1. The molecule has 152 valence electrons. The van der Waals surface area contributed by atoms with E-state index in [2.05, 4.69) is 27.2 Å². The van der Waals surface area contributed by atoms with Gasteiger partial charge in [-0.3, -0.25) is 15.0 Å². The van der Waals surface area contributed by atoms with Gasteiger partial charge in [0.2, 0.25) is 0 Å². The zero-order valence-electron chi connectivity index (χ0n) is 17.0. The Labute approximate surface area is 175 Å². The summed E-state index contributed by atoms with van der Waals surface area (Å²) < 4.78 is 1.83. The summed E-state index contributed by atoms with van der Waals surface area (Å²) in [5.74, 6) is 0.665. The molecule has 0 atom stereocenters. The molecule has 2 aromatic heterocycles. The summed E-state index contributed by atoms with van der Waals surface area (Å²) in [6.45, 7) is 7.45. The Morgan fingerprint density at radius 1 is 1.24 bits per heavy atom. The standard InChI is InChI=1S/C22H27N5OS/c1-3-20-19(13-23-27(20)18-7-5-4-6-8-18)21(28)25-22-24-17(15-29-22)14-26-11-9-16(2)10-12-26/h4-8,13,15-16H,3,9-12,14H2,1-2H3,(H,24,25,28). The molecule has 3 aromatic rings. The number of nitrogens with zero attached hydrogens (tertiary/aromatic N) is 4. The number of piperidine rings is 1. The summed E-state index contributed by atoms with van der Waals surface area (Å²) in [5, 5.41) is 10.1. The largest absolute Gasteiger partial charge is 0.298 e. The van der Waals surface area contributed by atoms with Gasteiger partial charge in [-0.2, -0.15) is 5.10 Å². The van der Waals surface area contributed by atoms with Crippen molar-refractivity contribution in [1.82, 2.24) is 19.7 Å². The maximum absolute atomic E-state index is 12.9. The van der Waals surface area contributed by atoms with Gasteiger partial charge in [-0.15, -0.1) is 11.3 Å². The number of hydrogen-bond donors (Lipinski definition) is 1. The first kappa shape index (κ1) is 19.8. The fourth-order valence-electron chi connectivity index (χ4n) is 3.75. The van der Waals surface area contributed by atoms with Crippen molar-refractivity contribution in [1.29, 1.82) is 0 Å². The van der Waals surface area contributed by atoms with Crippen LogP contribution in [0.2, 0.25) is 0 Å². The molecule has 0 unspecified atom stereocenters. The Balaban J connectivity index is 1.44. The number of carbonyl (C=O) groups is 1. The Morgan fingerprint density at radius 2 is 2.00 bits per heavy atom. The van der Waals surface area contributed by atoms with Gasteiger partial charge < -0.3 is 0 Å². The molecule has 0 aliphatic carbocycles. The van der Waals surface area contributed by atoms with Crippen LogP contribution >= 0.6 is 11.3 Å². The van der Waals surface area contributed by atoms with Crippen LogP contribution < -0.4 is 5.32 Å². The molecule has 0 spiro atoms. The van der Waals surface area contributed by atoms with Crippen molar-refractivity contribution in [2.75, 3.05) is 18.4 Å². The molecule has 29 heavy (non-hydrogen) atoms. The Morgan fingerprint density at radius 3 is 2.72 bits per heavy atom. The van der Waals surface area contributed by atoms with Crippen LogP contribution in [0.4, 0.5) is 5.13 Å². The van der Waals surface area contributed by atoms with Crippen LogP contribution in [0, 0.1) is 5.92 Å². The van der Waals surface area contributed by atoms with E-state index in [9.17, 15) is 4.79 Å². The van der Waals surface area contributed by atoms with Gasteiger partial charge in [-0.1, -0.05) is 32.0 Å². The van der Waals surface area contributed by atoms with E-state index < -0.39 is 0 Å². The van der Waals surface area contributed by atoms with E-state index >= 15 is 0 Å². The highest BCUT2D eigenvalue weighted by Crippen LogP contribution is 2.22. The van der Waals surface area contributed by atoms with Crippen LogP contribution in [-0.4, -0.2) is 38.7 Å². The van der Waals surface area contributed by atoms with Gasteiger partial charge in [0, 0.05) is 11.9 Å². The average Bonchev–Trinajstić information content (AvgIpc) is 3.37. The molecule has 6 nitrogen and oxygen atoms in total.